The molecule has 0 N–H and O–H groups in total. The lowest BCUT2D eigenvalue weighted by molar-refractivity contribution is 0.0526. The molecular formula is C20H30N2O4S. The lowest BCUT2D eigenvalue weighted by Gasteiger charge is -2.41. The second kappa shape index (κ2) is 8.71. The number of nitrogens with zero attached hydrogens (tertiary/aromatic N) is 2. The summed E-state index contributed by atoms with van der Waals surface area (Å²) in [5.41, 5.74) is 0.368. The third-order valence-electron chi connectivity index (χ3n) is 5.78. The van der Waals surface area contributed by atoms with Crippen molar-refractivity contribution >= 4 is 16.0 Å². The van der Waals surface area contributed by atoms with E-state index in [1.165, 1.54) is 49.9 Å². The van der Waals surface area contributed by atoms with Crippen LogP contribution >= 0.6 is 0 Å². The molecule has 3 rings (SSSR count). The van der Waals surface area contributed by atoms with Crippen LogP contribution < -0.4 is 0 Å². The van der Waals surface area contributed by atoms with E-state index in [9.17, 15) is 13.2 Å². The fourth-order valence-electron chi connectivity index (χ4n) is 4.04. The van der Waals surface area contributed by atoms with Crippen molar-refractivity contribution in [1.82, 2.24) is 9.21 Å². The van der Waals surface area contributed by atoms with Crippen molar-refractivity contribution in [3.63, 3.8) is 0 Å². The zero-order valence-electron chi connectivity index (χ0n) is 16.3. The number of sulfonamides is 1. The first-order valence-corrected chi connectivity index (χ1v) is 11.4. The van der Waals surface area contributed by atoms with Gasteiger partial charge in [-0.15, -0.1) is 0 Å². The summed E-state index contributed by atoms with van der Waals surface area (Å²) in [6.07, 6.45) is 5.00. The maximum atomic E-state index is 12.9. The third-order valence-corrected chi connectivity index (χ3v) is 7.69. The number of carbonyl (C=O) groups is 1. The van der Waals surface area contributed by atoms with Crippen molar-refractivity contribution in [1.29, 1.82) is 0 Å². The highest BCUT2D eigenvalue weighted by Gasteiger charge is 2.32. The van der Waals surface area contributed by atoms with Crippen molar-refractivity contribution in [2.45, 2.75) is 50.5 Å². The number of hydrogen-bond acceptors (Lipinski definition) is 5. The van der Waals surface area contributed by atoms with Gasteiger partial charge in [0.25, 0.3) is 0 Å². The van der Waals surface area contributed by atoms with Crippen LogP contribution in [0.4, 0.5) is 0 Å². The first-order chi connectivity index (χ1) is 12.9. The van der Waals surface area contributed by atoms with Crippen LogP contribution in [0.2, 0.25) is 0 Å². The molecule has 1 saturated carbocycles. The molecule has 6 nitrogen and oxygen atoms in total. The number of benzene rings is 1. The van der Waals surface area contributed by atoms with E-state index < -0.39 is 16.0 Å². The monoisotopic (exact) mass is 394 g/mol. The molecule has 1 heterocycles. The second-order valence-corrected chi connectivity index (χ2v) is 9.54. The van der Waals surface area contributed by atoms with Crippen LogP contribution in [0.1, 0.15) is 49.9 Å². The van der Waals surface area contributed by atoms with Gasteiger partial charge in [-0.1, -0.05) is 6.92 Å². The molecule has 1 aliphatic heterocycles. The Balaban J connectivity index is 1.60. The minimum atomic E-state index is -3.53. The fourth-order valence-corrected chi connectivity index (χ4v) is 5.47. The molecule has 1 aromatic carbocycles. The molecule has 1 aromatic rings. The SMILES string of the molecule is CCOC(=O)c1ccc(S(=O)(=O)N2CCN(C3CCC(C)CC3)CC2)cc1. The minimum Gasteiger partial charge on any atom is -0.462 e. The van der Waals surface area contributed by atoms with Crippen LogP contribution in [0.3, 0.4) is 0 Å². The zero-order chi connectivity index (χ0) is 19.4. The van der Waals surface area contributed by atoms with E-state index in [2.05, 4.69) is 11.8 Å². The smallest absolute Gasteiger partial charge is 0.338 e. The van der Waals surface area contributed by atoms with E-state index in [4.69, 9.17) is 4.74 Å². The average molecular weight is 395 g/mol. The third kappa shape index (κ3) is 4.70. The molecule has 0 amide bonds. The van der Waals surface area contributed by atoms with Gasteiger partial charge in [-0.25, -0.2) is 13.2 Å². The van der Waals surface area contributed by atoms with Gasteiger partial charge in [0, 0.05) is 32.2 Å². The number of piperazine rings is 1. The summed E-state index contributed by atoms with van der Waals surface area (Å²) in [6.45, 7) is 6.97. The highest BCUT2D eigenvalue weighted by molar-refractivity contribution is 7.89. The largest absolute Gasteiger partial charge is 0.462 e. The molecule has 1 aliphatic carbocycles. The van der Waals surface area contributed by atoms with Gasteiger partial charge in [0.15, 0.2) is 0 Å². The van der Waals surface area contributed by atoms with Gasteiger partial charge in [0.2, 0.25) is 10.0 Å². The van der Waals surface area contributed by atoms with Crippen LogP contribution in [0, 0.1) is 5.92 Å². The number of carbonyl (C=O) groups excluding carboxylic acids is 1. The molecule has 0 unspecified atom stereocenters. The Morgan fingerprint density at radius 3 is 2.19 bits per heavy atom. The van der Waals surface area contributed by atoms with E-state index >= 15 is 0 Å². The summed E-state index contributed by atoms with van der Waals surface area (Å²) in [4.78, 5) is 14.4. The van der Waals surface area contributed by atoms with E-state index in [1.54, 1.807) is 11.2 Å². The lowest BCUT2D eigenvalue weighted by atomic mass is 9.86. The Labute approximate surface area is 162 Å². The molecule has 150 valence electrons. The maximum Gasteiger partial charge on any atom is 0.338 e. The Hall–Kier alpha value is -1.44. The highest BCUT2D eigenvalue weighted by atomic mass is 32.2. The van der Waals surface area contributed by atoms with Gasteiger partial charge < -0.3 is 4.74 Å². The van der Waals surface area contributed by atoms with Gasteiger partial charge in [0.05, 0.1) is 17.1 Å². The van der Waals surface area contributed by atoms with Crippen LogP contribution in [0.5, 0.6) is 0 Å². The molecule has 0 bridgehead atoms. The lowest BCUT2D eigenvalue weighted by Crippen LogP contribution is -2.52. The zero-order valence-corrected chi connectivity index (χ0v) is 17.1. The predicted molar refractivity (Wildman–Crippen MR) is 104 cm³/mol. The van der Waals surface area contributed by atoms with Crippen LogP contribution in [-0.2, 0) is 14.8 Å². The van der Waals surface area contributed by atoms with E-state index in [0.29, 0.717) is 31.3 Å². The fraction of sp³-hybridized carbons (Fsp3) is 0.650. The average Bonchev–Trinajstić information content (AvgIpc) is 2.69. The van der Waals surface area contributed by atoms with Crippen LogP contribution in [0.15, 0.2) is 29.2 Å². The van der Waals surface area contributed by atoms with E-state index in [1.807, 2.05) is 0 Å². The Bertz CT molecular complexity index is 732. The molecule has 7 heteroatoms. The first kappa shape index (κ1) is 20.3. The maximum absolute atomic E-state index is 12.9. The van der Waals surface area contributed by atoms with Crippen LogP contribution in [-0.4, -0.2) is 62.4 Å². The molecule has 0 atom stereocenters. The van der Waals surface area contributed by atoms with Gasteiger partial charge in [0.1, 0.15) is 0 Å². The van der Waals surface area contributed by atoms with Crippen molar-refractivity contribution < 1.29 is 17.9 Å². The Kier molecular flexibility index (Phi) is 6.55. The first-order valence-electron chi connectivity index (χ1n) is 9.93. The molecule has 27 heavy (non-hydrogen) atoms. The molecule has 2 fully saturated rings. The van der Waals surface area contributed by atoms with Crippen LogP contribution in [0.25, 0.3) is 0 Å². The minimum absolute atomic E-state index is 0.232. The second-order valence-electron chi connectivity index (χ2n) is 7.60. The number of hydrogen-bond donors (Lipinski definition) is 0. The molecule has 2 aliphatic rings. The van der Waals surface area contributed by atoms with E-state index in [-0.39, 0.29) is 4.90 Å². The molecule has 0 aromatic heterocycles. The van der Waals surface area contributed by atoms with Crippen molar-refractivity contribution in [2.24, 2.45) is 5.92 Å². The summed E-state index contributed by atoms with van der Waals surface area (Å²) in [6, 6.07) is 6.64. The van der Waals surface area contributed by atoms with Gasteiger partial charge in [-0.3, -0.25) is 4.90 Å². The van der Waals surface area contributed by atoms with Gasteiger partial charge in [-0.2, -0.15) is 4.31 Å². The van der Waals surface area contributed by atoms with Gasteiger partial charge in [-0.05, 0) is 62.8 Å². The summed E-state index contributed by atoms with van der Waals surface area (Å²) in [7, 11) is -3.53. The Morgan fingerprint density at radius 2 is 1.63 bits per heavy atom. The summed E-state index contributed by atoms with van der Waals surface area (Å²) >= 11 is 0. The van der Waals surface area contributed by atoms with Crippen molar-refractivity contribution in [3.8, 4) is 0 Å². The number of ether oxygens (including phenoxy) is 1. The number of esters is 1. The molecule has 0 radical (unpaired) electrons. The predicted octanol–water partition coefficient (Wildman–Crippen LogP) is 2.75. The standard InChI is InChI=1S/C20H30N2O4S/c1-3-26-20(23)17-6-10-19(11-7-17)27(24,25)22-14-12-21(13-15-22)18-8-4-16(2)5-9-18/h6-7,10-11,16,18H,3-5,8-9,12-15H2,1-2H3. The molecule has 1 saturated heterocycles. The number of rotatable bonds is 5. The summed E-state index contributed by atoms with van der Waals surface area (Å²) in [5.74, 6) is 0.386. The summed E-state index contributed by atoms with van der Waals surface area (Å²) in [5, 5.41) is 0. The Morgan fingerprint density at radius 1 is 1.04 bits per heavy atom. The van der Waals surface area contributed by atoms with E-state index in [0.717, 1.165) is 19.0 Å². The molecular weight excluding hydrogens is 364 g/mol. The van der Waals surface area contributed by atoms with Crippen molar-refractivity contribution in [2.75, 3.05) is 32.8 Å². The van der Waals surface area contributed by atoms with Gasteiger partial charge >= 0.3 is 5.97 Å². The topological polar surface area (TPSA) is 66.9 Å². The summed E-state index contributed by atoms with van der Waals surface area (Å²) < 4.78 is 32.3. The normalized spacial score (nSPS) is 25.3. The highest BCUT2D eigenvalue weighted by Crippen LogP contribution is 2.28. The quantitative estimate of drug-likeness (QED) is 0.719. The van der Waals surface area contributed by atoms with Crippen molar-refractivity contribution in [3.05, 3.63) is 29.8 Å². The molecule has 0 spiro atoms.